The summed E-state index contributed by atoms with van der Waals surface area (Å²) in [4.78, 5) is 20.7. The van der Waals surface area contributed by atoms with Crippen LogP contribution >= 0.6 is 0 Å². The van der Waals surface area contributed by atoms with E-state index >= 15 is 0 Å². The number of primary amides is 1. The van der Waals surface area contributed by atoms with Crippen LogP contribution in [0.5, 0.6) is 17.2 Å². The van der Waals surface area contributed by atoms with Gasteiger partial charge in [-0.1, -0.05) is 12.8 Å². The summed E-state index contributed by atoms with van der Waals surface area (Å²) in [5.41, 5.74) is 13.6. The molecule has 3 aromatic rings. The van der Waals surface area contributed by atoms with Gasteiger partial charge < -0.3 is 36.3 Å². The zero-order chi connectivity index (χ0) is 26.5. The zero-order valence-electron chi connectivity index (χ0n) is 21.0. The van der Waals surface area contributed by atoms with Crippen LogP contribution < -0.4 is 36.3 Å². The molecule has 37 heavy (non-hydrogen) atoms. The van der Waals surface area contributed by atoms with Crippen molar-refractivity contribution < 1.29 is 23.4 Å². The summed E-state index contributed by atoms with van der Waals surface area (Å²) < 4.78 is 31.1. The number of nitrogens with one attached hydrogen (secondary N) is 2. The molecule has 1 aromatic carbocycles. The SMILES string of the molecule is COc1cc(-c2cncc(Nc3nc(N[C@@H]4CCCC[C@@H]4N)c(F)cc3C(N)=O)c2)cc(OC)c1OC. The summed E-state index contributed by atoms with van der Waals surface area (Å²) >= 11 is 0. The lowest BCUT2D eigenvalue weighted by atomic mass is 9.91. The third-order valence-corrected chi connectivity index (χ3v) is 6.38. The Hall–Kier alpha value is -4.12. The first-order chi connectivity index (χ1) is 17.8. The summed E-state index contributed by atoms with van der Waals surface area (Å²) in [5, 5.41) is 6.17. The maximum absolute atomic E-state index is 14.9. The molecule has 4 rings (SSSR count). The lowest BCUT2D eigenvalue weighted by molar-refractivity contribution is 0.100. The van der Waals surface area contributed by atoms with E-state index in [1.807, 2.05) is 0 Å². The number of carbonyl (C=O) groups excluding carboxylic acids is 1. The Kier molecular flexibility index (Phi) is 7.92. The van der Waals surface area contributed by atoms with Crippen LogP contribution in [0.3, 0.4) is 0 Å². The van der Waals surface area contributed by atoms with Crippen LogP contribution in [-0.2, 0) is 0 Å². The average molecular weight is 511 g/mol. The third-order valence-electron chi connectivity index (χ3n) is 6.38. The molecule has 2 atom stereocenters. The van der Waals surface area contributed by atoms with E-state index in [2.05, 4.69) is 20.6 Å². The molecule has 1 saturated carbocycles. The number of hydrogen-bond donors (Lipinski definition) is 4. The lowest BCUT2D eigenvalue weighted by Gasteiger charge is -2.30. The van der Waals surface area contributed by atoms with Gasteiger partial charge in [0.25, 0.3) is 5.91 Å². The molecule has 0 bridgehead atoms. The lowest BCUT2D eigenvalue weighted by Crippen LogP contribution is -2.43. The minimum absolute atomic E-state index is 0.00332. The van der Waals surface area contributed by atoms with Crippen molar-refractivity contribution in [2.24, 2.45) is 11.5 Å². The van der Waals surface area contributed by atoms with E-state index in [0.717, 1.165) is 42.9 Å². The Morgan fingerprint density at radius 2 is 1.68 bits per heavy atom. The number of halogens is 1. The minimum atomic E-state index is -0.816. The number of aromatic nitrogens is 2. The highest BCUT2D eigenvalue weighted by atomic mass is 19.1. The molecule has 196 valence electrons. The van der Waals surface area contributed by atoms with Crippen molar-refractivity contribution in [1.29, 1.82) is 0 Å². The van der Waals surface area contributed by atoms with E-state index in [1.54, 1.807) is 30.6 Å². The molecule has 0 spiro atoms. The normalized spacial score (nSPS) is 17.1. The predicted molar refractivity (Wildman–Crippen MR) is 139 cm³/mol. The molecule has 1 aliphatic carbocycles. The molecule has 1 amide bonds. The first-order valence-electron chi connectivity index (χ1n) is 11.9. The fraction of sp³-hybridized carbons (Fsp3) is 0.346. The molecule has 2 heterocycles. The van der Waals surface area contributed by atoms with Crippen LogP contribution in [-0.4, -0.2) is 49.3 Å². The van der Waals surface area contributed by atoms with Crippen molar-refractivity contribution in [1.82, 2.24) is 9.97 Å². The van der Waals surface area contributed by atoms with Crippen LogP contribution in [0.4, 0.5) is 21.7 Å². The van der Waals surface area contributed by atoms with Crippen molar-refractivity contribution >= 4 is 23.2 Å². The average Bonchev–Trinajstić information content (AvgIpc) is 2.90. The molecule has 10 nitrogen and oxygen atoms in total. The number of anilines is 3. The van der Waals surface area contributed by atoms with Crippen molar-refractivity contribution in [2.45, 2.75) is 37.8 Å². The number of hydrogen-bond acceptors (Lipinski definition) is 9. The van der Waals surface area contributed by atoms with Crippen molar-refractivity contribution in [3.05, 3.63) is 48.0 Å². The van der Waals surface area contributed by atoms with Gasteiger partial charge in [-0.25, -0.2) is 9.37 Å². The number of pyridine rings is 2. The Balaban J connectivity index is 1.68. The second kappa shape index (κ2) is 11.3. The van der Waals surface area contributed by atoms with E-state index < -0.39 is 11.7 Å². The number of ether oxygens (including phenoxy) is 3. The van der Waals surface area contributed by atoms with Crippen LogP contribution in [0, 0.1) is 5.82 Å². The Morgan fingerprint density at radius 1 is 0.973 bits per heavy atom. The fourth-order valence-electron chi connectivity index (χ4n) is 4.44. The summed E-state index contributed by atoms with van der Waals surface area (Å²) in [6.07, 6.45) is 6.92. The molecule has 0 radical (unpaired) electrons. The van der Waals surface area contributed by atoms with E-state index in [-0.39, 0.29) is 29.3 Å². The number of carbonyl (C=O) groups is 1. The second-order valence-corrected chi connectivity index (χ2v) is 8.78. The van der Waals surface area contributed by atoms with Crippen molar-refractivity contribution in [3.8, 4) is 28.4 Å². The zero-order valence-corrected chi connectivity index (χ0v) is 21.0. The monoisotopic (exact) mass is 510 g/mol. The van der Waals surface area contributed by atoms with Gasteiger partial charge in [0.15, 0.2) is 23.1 Å². The first-order valence-corrected chi connectivity index (χ1v) is 11.9. The summed E-state index contributed by atoms with van der Waals surface area (Å²) in [6, 6.07) is 6.23. The Labute approximate surface area is 214 Å². The van der Waals surface area contributed by atoms with E-state index in [1.165, 1.54) is 21.3 Å². The highest BCUT2D eigenvalue weighted by molar-refractivity contribution is 5.98. The van der Waals surface area contributed by atoms with Gasteiger partial charge >= 0.3 is 0 Å². The molecule has 0 aliphatic heterocycles. The maximum Gasteiger partial charge on any atom is 0.252 e. The van der Waals surface area contributed by atoms with Gasteiger partial charge in [0.2, 0.25) is 5.75 Å². The standard InChI is InChI=1S/C26H31FN6O4/c1-35-21-9-14(10-22(36-2)23(21)37-3)15-8-16(13-30-12-15)31-25-17(24(29)34)11-18(27)26(33-25)32-20-7-5-4-6-19(20)28/h8-13,19-20H,4-7,28H2,1-3H3,(H2,29,34)(H2,31,32,33)/t19-,20+/m0/s1. The largest absolute Gasteiger partial charge is 0.493 e. The quantitative estimate of drug-likeness (QED) is 0.337. The van der Waals surface area contributed by atoms with Crippen LogP contribution in [0.1, 0.15) is 36.0 Å². The number of rotatable bonds is 9. The van der Waals surface area contributed by atoms with Gasteiger partial charge in [0.05, 0.1) is 38.8 Å². The Bertz CT molecular complexity index is 1260. The smallest absolute Gasteiger partial charge is 0.252 e. The van der Waals surface area contributed by atoms with Gasteiger partial charge in [-0.05, 0) is 42.7 Å². The second-order valence-electron chi connectivity index (χ2n) is 8.78. The highest BCUT2D eigenvalue weighted by Gasteiger charge is 2.24. The number of amides is 1. The molecule has 0 unspecified atom stereocenters. The minimum Gasteiger partial charge on any atom is -0.493 e. The summed E-state index contributed by atoms with van der Waals surface area (Å²) in [6.45, 7) is 0. The fourth-order valence-corrected chi connectivity index (χ4v) is 4.44. The van der Waals surface area contributed by atoms with Crippen LogP contribution in [0.2, 0.25) is 0 Å². The van der Waals surface area contributed by atoms with Gasteiger partial charge in [0.1, 0.15) is 5.82 Å². The molecule has 2 aromatic heterocycles. The number of methoxy groups -OCH3 is 3. The third kappa shape index (κ3) is 5.67. The predicted octanol–water partition coefficient (Wildman–Crippen LogP) is 3.83. The molecule has 1 aliphatic rings. The van der Waals surface area contributed by atoms with E-state index in [0.29, 0.717) is 22.9 Å². The van der Waals surface area contributed by atoms with Crippen molar-refractivity contribution in [2.75, 3.05) is 32.0 Å². The van der Waals surface area contributed by atoms with Crippen LogP contribution in [0.25, 0.3) is 11.1 Å². The van der Waals surface area contributed by atoms with Crippen molar-refractivity contribution in [3.63, 3.8) is 0 Å². The van der Waals surface area contributed by atoms with Crippen LogP contribution in [0.15, 0.2) is 36.7 Å². The topological polar surface area (TPSA) is 147 Å². The van der Waals surface area contributed by atoms with E-state index in [4.69, 9.17) is 25.7 Å². The summed E-state index contributed by atoms with van der Waals surface area (Å²) in [7, 11) is 4.60. The number of benzene rings is 1. The Morgan fingerprint density at radius 3 is 2.30 bits per heavy atom. The molecule has 0 saturated heterocycles. The summed E-state index contributed by atoms with van der Waals surface area (Å²) in [5.74, 6) is 0.0552. The van der Waals surface area contributed by atoms with Gasteiger partial charge in [0, 0.05) is 23.8 Å². The maximum atomic E-state index is 14.9. The molecular formula is C26H31FN6O4. The van der Waals surface area contributed by atoms with Gasteiger partial charge in [-0.3, -0.25) is 9.78 Å². The molecule has 6 N–H and O–H groups in total. The highest BCUT2D eigenvalue weighted by Crippen LogP contribution is 2.41. The molecular weight excluding hydrogens is 479 g/mol. The molecule has 1 fully saturated rings. The number of nitrogens with two attached hydrogens (primary N) is 2. The molecule has 11 heteroatoms. The van der Waals surface area contributed by atoms with Gasteiger partial charge in [-0.15, -0.1) is 0 Å². The van der Waals surface area contributed by atoms with E-state index in [9.17, 15) is 9.18 Å². The number of nitrogens with zero attached hydrogens (tertiary/aromatic N) is 2. The van der Waals surface area contributed by atoms with Gasteiger partial charge in [-0.2, -0.15) is 0 Å². The first kappa shape index (κ1) is 26.0.